The summed E-state index contributed by atoms with van der Waals surface area (Å²) >= 11 is 0. The molecule has 0 fully saturated rings. The van der Waals surface area contributed by atoms with Crippen LogP contribution in [0.4, 0.5) is 0 Å². The normalized spacial score (nSPS) is 12.9. The summed E-state index contributed by atoms with van der Waals surface area (Å²) in [5, 5.41) is 0. The molecule has 0 aliphatic carbocycles. The van der Waals surface area contributed by atoms with Crippen molar-refractivity contribution in [3.8, 4) is 0 Å². The fourth-order valence-corrected chi connectivity index (χ4v) is 1.57. The highest BCUT2D eigenvalue weighted by molar-refractivity contribution is 7.37. The molecule has 1 rings (SSSR count). The first-order valence-corrected chi connectivity index (χ1v) is 5.02. The van der Waals surface area contributed by atoms with Crippen LogP contribution in [0.15, 0.2) is 24.3 Å². The molecule has 1 N–H and O–H groups in total. The summed E-state index contributed by atoms with van der Waals surface area (Å²) in [5.41, 5.74) is 2.07. The van der Waals surface area contributed by atoms with Crippen LogP contribution in [0.5, 0.6) is 0 Å². The molecular weight excluding hydrogens is 159 g/mol. The second-order valence-electron chi connectivity index (χ2n) is 2.56. The van der Waals surface area contributed by atoms with Gasteiger partial charge in [0.25, 0.3) is 0 Å². The van der Waals surface area contributed by atoms with E-state index in [4.69, 9.17) is 4.89 Å². The Bertz CT molecular complexity index is 271. The summed E-state index contributed by atoms with van der Waals surface area (Å²) in [6.45, 7) is 1.97. The highest BCUT2D eigenvalue weighted by atomic mass is 31.1. The summed E-state index contributed by atoms with van der Waals surface area (Å²) in [7, 11) is -2.35. The van der Waals surface area contributed by atoms with E-state index in [1.54, 1.807) is 0 Å². The van der Waals surface area contributed by atoms with Gasteiger partial charge in [0.15, 0.2) is 8.03 Å². The van der Waals surface area contributed by atoms with E-state index in [0.29, 0.717) is 6.16 Å². The lowest BCUT2D eigenvalue weighted by Gasteiger charge is -1.97. The van der Waals surface area contributed by atoms with Crippen molar-refractivity contribution >= 4 is 8.03 Å². The Kier molecular flexibility index (Phi) is 2.86. The molecule has 60 valence electrons. The number of benzene rings is 1. The molecule has 0 amide bonds. The quantitative estimate of drug-likeness (QED) is 0.689. The minimum absolute atomic E-state index is 0.298. The van der Waals surface area contributed by atoms with Gasteiger partial charge in [-0.25, -0.2) is 0 Å². The first kappa shape index (κ1) is 8.51. The molecule has 0 aliphatic rings. The molecule has 3 heteroatoms. The van der Waals surface area contributed by atoms with Crippen molar-refractivity contribution in [1.82, 2.24) is 0 Å². The molecule has 1 unspecified atom stereocenters. The van der Waals surface area contributed by atoms with E-state index in [9.17, 15) is 4.57 Å². The standard InChI is InChI=1S/C8H11O2P/c1-7-3-2-4-8(5-7)6-11(9)10/h2-5,11H,6H2,1H3,(H,9,10). The van der Waals surface area contributed by atoms with Gasteiger partial charge in [0, 0.05) is 6.16 Å². The van der Waals surface area contributed by atoms with Crippen LogP contribution in [-0.4, -0.2) is 4.89 Å². The van der Waals surface area contributed by atoms with E-state index in [0.717, 1.165) is 11.1 Å². The Balaban J connectivity index is 2.79. The zero-order valence-corrected chi connectivity index (χ0v) is 7.37. The molecule has 1 aromatic rings. The number of aryl methyl sites for hydroxylation is 1. The maximum Gasteiger partial charge on any atom is 0.193 e. The zero-order chi connectivity index (χ0) is 8.27. The second-order valence-corrected chi connectivity index (χ2v) is 3.70. The zero-order valence-electron chi connectivity index (χ0n) is 6.37. The van der Waals surface area contributed by atoms with Crippen molar-refractivity contribution in [2.24, 2.45) is 0 Å². The van der Waals surface area contributed by atoms with Crippen LogP contribution in [0.25, 0.3) is 0 Å². The molecule has 0 heterocycles. The highest BCUT2D eigenvalue weighted by Crippen LogP contribution is 2.21. The average molecular weight is 170 g/mol. The van der Waals surface area contributed by atoms with Gasteiger partial charge in [0.1, 0.15) is 0 Å². The van der Waals surface area contributed by atoms with Gasteiger partial charge in [-0.15, -0.1) is 0 Å². The van der Waals surface area contributed by atoms with Crippen LogP contribution in [0.1, 0.15) is 11.1 Å². The fourth-order valence-electron chi connectivity index (χ4n) is 0.997. The van der Waals surface area contributed by atoms with Crippen molar-refractivity contribution < 1.29 is 9.46 Å². The van der Waals surface area contributed by atoms with Gasteiger partial charge in [0.05, 0.1) is 0 Å². The van der Waals surface area contributed by atoms with E-state index in [1.165, 1.54) is 0 Å². The summed E-state index contributed by atoms with van der Waals surface area (Å²) in [6, 6.07) is 7.66. The van der Waals surface area contributed by atoms with E-state index in [2.05, 4.69) is 0 Å². The van der Waals surface area contributed by atoms with Crippen LogP contribution >= 0.6 is 8.03 Å². The minimum atomic E-state index is -2.35. The molecular formula is C8H11O2P. The molecule has 0 aliphatic heterocycles. The molecule has 1 aromatic carbocycles. The summed E-state index contributed by atoms with van der Waals surface area (Å²) in [6.07, 6.45) is 0.298. The summed E-state index contributed by atoms with van der Waals surface area (Å²) < 4.78 is 10.5. The fraction of sp³-hybridized carbons (Fsp3) is 0.250. The Morgan fingerprint density at radius 1 is 1.55 bits per heavy atom. The van der Waals surface area contributed by atoms with E-state index in [-0.39, 0.29) is 0 Å². The molecule has 11 heavy (non-hydrogen) atoms. The predicted molar refractivity (Wildman–Crippen MR) is 46.1 cm³/mol. The molecule has 0 radical (unpaired) electrons. The van der Waals surface area contributed by atoms with Crippen LogP contribution in [0, 0.1) is 6.92 Å². The van der Waals surface area contributed by atoms with Gasteiger partial charge in [-0.1, -0.05) is 29.8 Å². The maximum absolute atomic E-state index is 10.5. The maximum atomic E-state index is 10.5. The third-order valence-corrected chi connectivity index (χ3v) is 2.15. The summed E-state index contributed by atoms with van der Waals surface area (Å²) in [5.74, 6) is 0. The predicted octanol–water partition coefficient (Wildman–Crippen LogP) is 1.96. The number of hydrogen-bond donors (Lipinski definition) is 1. The van der Waals surface area contributed by atoms with Gasteiger partial charge in [-0.2, -0.15) is 0 Å². The van der Waals surface area contributed by atoms with E-state index >= 15 is 0 Å². The third-order valence-electron chi connectivity index (χ3n) is 1.44. The molecule has 0 saturated carbocycles. The Labute approximate surface area is 66.7 Å². The van der Waals surface area contributed by atoms with E-state index in [1.807, 2.05) is 31.2 Å². The SMILES string of the molecule is Cc1cccc(C[PH](=O)O)c1. The molecule has 0 saturated heterocycles. The van der Waals surface area contributed by atoms with Gasteiger partial charge >= 0.3 is 0 Å². The van der Waals surface area contributed by atoms with Gasteiger partial charge in [0.2, 0.25) is 0 Å². The van der Waals surface area contributed by atoms with Crippen LogP contribution in [0.2, 0.25) is 0 Å². The molecule has 0 bridgehead atoms. The van der Waals surface area contributed by atoms with Crippen LogP contribution in [-0.2, 0) is 10.7 Å². The minimum Gasteiger partial charge on any atom is -0.346 e. The first-order chi connectivity index (χ1) is 5.18. The average Bonchev–Trinajstić information content (AvgIpc) is 1.85. The molecule has 1 atom stereocenters. The van der Waals surface area contributed by atoms with Crippen molar-refractivity contribution in [3.05, 3.63) is 35.4 Å². The lowest BCUT2D eigenvalue weighted by atomic mass is 10.2. The summed E-state index contributed by atoms with van der Waals surface area (Å²) in [4.78, 5) is 8.64. The van der Waals surface area contributed by atoms with Gasteiger partial charge in [-0.05, 0) is 12.5 Å². The lowest BCUT2D eigenvalue weighted by Crippen LogP contribution is -1.80. The lowest BCUT2D eigenvalue weighted by molar-refractivity contribution is 0.502. The largest absolute Gasteiger partial charge is 0.346 e. The number of rotatable bonds is 2. The van der Waals surface area contributed by atoms with Crippen molar-refractivity contribution in [3.63, 3.8) is 0 Å². The first-order valence-electron chi connectivity index (χ1n) is 3.46. The molecule has 0 spiro atoms. The molecule has 2 nitrogen and oxygen atoms in total. The third kappa shape index (κ3) is 2.87. The van der Waals surface area contributed by atoms with Gasteiger partial charge in [-0.3, -0.25) is 4.57 Å². The number of hydrogen-bond acceptors (Lipinski definition) is 1. The smallest absolute Gasteiger partial charge is 0.193 e. The van der Waals surface area contributed by atoms with Crippen LogP contribution in [0.3, 0.4) is 0 Å². The Morgan fingerprint density at radius 3 is 2.82 bits per heavy atom. The van der Waals surface area contributed by atoms with Crippen molar-refractivity contribution in [1.29, 1.82) is 0 Å². The van der Waals surface area contributed by atoms with E-state index < -0.39 is 8.03 Å². The Morgan fingerprint density at radius 2 is 2.27 bits per heavy atom. The monoisotopic (exact) mass is 170 g/mol. The molecule has 0 aromatic heterocycles. The second kappa shape index (κ2) is 3.70. The topological polar surface area (TPSA) is 37.3 Å². The van der Waals surface area contributed by atoms with Crippen molar-refractivity contribution in [2.45, 2.75) is 13.1 Å². The highest BCUT2D eigenvalue weighted by Gasteiger charge is 1.95. The van der Waals surface area contributed by atoms with Crippen LogP contribution < -0.4 is 0 Å². The Hall–Kier alpha value is -0.590. The van der Waals surface area contributed by atoms with Crippen molar-refractivity contribution in [2.75, 3.05) is 0 Å². The van der Waals surface area contributed by atoms with Gasteiger partial charge < -0.3 is 4.89 Å².